The third-order valence-corrected chi connectivity index (χ3v) is 2.80. The molecule has 0 aliphatic rings. The number of carbonyl (C=O) groups excluding carboxylic acids is 1. The standard InChI is InChI=1S/C12H12N4O3S/c13-20(18,19)16-10-5-3-4-9(8-10)15-12(17)11-6-1-2-7-14-11/h1-8,16H,(H,15,17)(H2,13,18,19). The summed E-state index contributed by atoms with van der Waals surface area (Å²) >= 11 is 0. The molecule has 0 saturated carbocycles. The fourth-order valence-electron chi connectivity index (χ4n) is 1.52. The average molecular weight is 292 g/mol. The summed E-state index contributed by atoms with van der Waals surface area (Å²) in [6.07, 6.45) is 1.51. The van der Waals surface area contributed by atoms with E-state index in [1.165, 1.54) is 18.3 Å². The van der Waals surface area contributed by atoms with Crippen molar-refractivity contribution in [2.75, 3.05) is 10.0 Å². The van der Waals surface area contributed by atoms with Gasteiger partial charge in [0.25, 0.3) is 16.1 Å². The maximum Gasteiger partial charge on any atom is 0.296 e. The number of aromatic nitrogens is 1. The molecule has 1 amide bonds. The highest BCUT2D eigenvalue weighted by atomic mass is 32.2. The van der Waals surface area contributed by atoms with Gasteiger partial charge in [0, 0.05) is 11.9 Å². The molecule has 2 rings (SSSR count). The molecule has 0 aliphatic carbocycles. The molecule has 2 aromatic rings. The van der Waals surface area contributed by atoms with Crippen LogP contribution in [0.25, 0.3) is 0 Å². The molecule has 1 aromatic carbocycles. The summed E-state index contributed by atoms with van der Waals surface area (Å²) in [7, 11) is -3.85. The average Bonchev–Trinajstić information content (AvgIpc) is 2.38. The fraction of sp³-hybridized carbons (Fsp3) is 0. The maximum atomic E-state index is 11.9. The molecule has 0 unspecified atom stereocenters. The van der Waals surface area contributed by atoms with Crippen molar-refractivity contribution in [1.29, 1.82) is 0 Å². The van der Waals surface area contributed by atoms with Gasteiger partial charge in [-0.2, -0.15) is 8.42 Å². The number of pyridine rings is 1. The van der Waals surface area contributed by atoms with E-state index in [9.17, 15) is 13.2 Å². The minimum Gasteiger partial charge on any atom is -0.321 e. The first-order chi connectivity index (χ1) is 9.44. The van der Waals surface area contributed by atoms with Crippen LogP contribution in [0.4, 0.5) is 11.4 Å². The first-order valence-corrected chi connectivity index (χ1v) is 7.12. The van der Waals surface area contributed by atoms with E-state index in [0.717, 1.165) is 0 Å². The van der Waals surface area contributed by atoms with Crippen LogP contribution >= 0.6 is 0 Å². The van der Waals surface area contributed by atoms with Gasteiger partial charge in [-0.1, -0.05) is 12.1 Å². The van der Waals surface area contributed by atoms with Gasteiger partial charge >= 0.3 is 0 Å². The Morgan fingerprint density at radius 2 is 1.85 bits per heavy atom. The molecule has 4 N–H and O–H groups in total. The molecule has 20 heavy (non-hydrogen) atoms. The summed E-state index contributed by atoms with van der Waals surface area (Å²) in [4.78, 5) is 15.8. The maximum absolute atomic E-state index is 11.9. The lowest BCUT2D eigenvalue weighted by Gasteiger charge is -2.07. The number of nitrogens with zero attached hydrogens (tertiary/aromatic N) is 1. The van der Waals surface area contributed by atoms with Crippen LogP contribution in [0.2, 0.25) is 0 Å². The van der Waals surface area contributed by atoms with E-state index < -0.39 is 16.1 Å². The zero-order valence-corrected chi connectivity index (χ0v) is 11.1. The lowest BCUT2D eigenvalue weighted by Crippen LogP contribution is -2.21. The largest absolute Gasteiger partial charge is 0.321 e. The molecule has 0 saturated heterocycles. The van der Waals surface area contributed by atoms with Gasteiger partial charge in [-0.15, -0.1) is 0 Å². The van der Waals surface area contributed by atoms with Crippen LogP contribution in [0.1, 0.15) is 10.5 Å². The highest BCUT2D eigenvalue weighted by Gasteiger charge is 2.08. The van der Waals surface area contributed by atoms with E-state index in [1.807, 2.05) is 0 Å². The van der Waals surface area contributed by atoms with Crippen LogP contribution in [0.5, 0.6) is 0 Å². The Balaban J connectivity index is 2.14. The van der Waals surface area contributed by atoms with Crippen molar-refractivity contribution in [2.45, 2.75) is 0 Å². The fourth-order valence-corrected chi connectivity index (χ4v) is 1.97. The van der Waals surface area contributed by atoms with E-state index in [0.29, 0.717) is 5.69 Å². The van der Waals surface area contributed by atoms with Crippen molar-refractivity contribution in [1.82, 2.24) is 4.98 Å². The Kier molecular flexibility index (Phi) is 3.97. The first-order valence-electron chi connectivity index (χ1n) is 5.57. The Morgan fingerprint density at radius 1 is 1.10 bits per heavy atom. The molecular formula is C12H12N4O3S. The van der Waals surface area contributed by atoms with Crippen LogP contribution in [0.3, 0.4) is 0 Å². The number of benzene rings is 1. The molecule has 1 heterocycles. The number of nitrogens with two attached hydrogens (primary N) is 1. The Labute approximate surface area is 116 Å². The number of hydrogen-bond donors (Lipinski definition) is 3. The quantitative estimate of drug-likeness (QED) is 0.778. The van der Waals surface area contributed by atoms with Gasteiger partial charge in [0.1, 0.15) is 5.69 Å². The van der Waals surface area contributed by atoms with Crippen LogP contribution in [-0.2, 0) is 10.2 Å². The Bertz CT molecular complexity index is 716. The van der Waals surface area contributed by atoms with Crippen molar-refractivity contribution in [3.8, 4) is 0 Å². The minimum absolute atomic E-state index is 0.256. The van der Waals surface area contributed by atoms with Crippen LogP contribution < -0.4 is 15.2 Å². The van der Waals surface area contributed by atoms with Gasteiger partial charge in [-0.05, 0) is 30.3 Å². The van der Waals surface area contributed by atoms with Crippen LogP contribution in [-0.4, -0.2) is 19.3 Å². The highest BCUT2D eigenvalue weighted by molar-refractivity contribution is 7.90. The first kappa shape index (κ1) is 14.0. The molecule has 104 valence electrons. The van der Waals surface area contributed by atoms with Crippen molar-refractivity contribution in [3.63, 3.8) is 0 Å². The summed E-state index contributed by atoms with van der Waals surface area (Å²) in [5.74, 6) is -0.390. The van der Waals surface area contributed by atoms with E-state index in [1.54, 1.807) is 30.3 Å². The second kappa shape index (κ2) is 5.68. The van der Waals surface area contributed by atoms with Crippen LogP contribution in [0.15, 0.2) is 48.7 Å². The topological polar surface area (TPSA) is 114 Å². The number of rotatable bonds is 4. The highest BCUT2D eigenvalue weighted by Crippen LogP contribution is 2.16. The SMILES string of the molecule is NS(=O)(=O)Nc1cccc(NC(=O)c2ccccn2)c1. The van der Waals surface area contributed by atoms with Crippen molar-refractivity contribution in [2.24, 2.45) is 5.14 Å². The second-order valence-corrected chi connectivity index (χ2v) is 5.19. The van der Waals surface area contributed by atoms with Crippen molar-refractivity contribution >= 4 is 27.5 Å². The predicted molar refractivity (Wildman–Crippen MR) is 75.4 cm³/mol. The molecule has 8 heteroatoms. The van der Waals surface area contributed by atoms with Gasteiger partial charge in [0.2, 0.25) is 0 Å². The zero-order valence-electron chi connectivity index (χ0n) is 10.3. The number of anilines is 2. The summed E-state index contributed by atoms with van der Waals surface area (Å²) < 4.78 is 24.0. The molecule has 0 atom stereocenters. The van der Waals surface area contributed by atoms with Gasteiger partial charge in [0.15, 0.2) is 0 Å². The minimum atomic E-state index is -3.85. The number of carbonyl (C=O) groups is 1. The summed E-state index contributed by atoms with van der Waals surface area (Å²) in [5, 5.41) is 7.48. The third-order valence-electron chi connectivity index (χ3n) is 2.28. The Morgan fingerprint density at radius 3 is 2.50 bits per heavy atom. The van der Waals surface area contributed by atoms with E-state index >= 15 is 0 Å². The number of hydrogen-bond acceptors (Lipinski definition) is 4. The normalized spacial score (nSPS) is 10.8. The molecule has 0 fully saturated rings. The Hall–Kier alpha value is -2.45. The van der Waals surface area contributed by atoms with E-state index in [-0.39, 0.29) is 11.4 Å². The second-order valence-electron chi connectivity index (χ2n) is 3.90. The summed E-state index contributed by atoms with van der Waals surface area (Å²) in [6, 6.07) is 11.1. The molecule has 7 nitrogen and oxygen atoms in total. The van der Waals surface area contributed by atoms with Crippen molar-refractivity contribution in [3.05, 3.63) is 54.4 Å². The monoisotopic (exact) mass is 292 g/mol. The zero-order chi connectivity index (χ0) is 14.6. The summed E-state index contributed by atoms with van der Waals surface area (Å²) in [5.41, 5.74) is 0.943. The van der Waals surface area contributed by atoms with Gasteiger partial charge < -0.3 is 5.32 Å². The molecule has 0 radical (unpaired) electrons. The predicted octanol–water partition coefficient (Wildman–Crippen LogP) is 0.949. The molecular weight excluding hydrogens is 280 g/mol. The van der Waals surface area contributed by atoms with Crippen LogP contribution in [0, 0.1) is 0 Å². The number of nitrogens with one attached hydrogen (secondary N) is 2. The summed E-state index contributed by atoms with van der Waals surface area (Å²) in [6.45, 7) is 0. The van der Waals surface area contributed by atoms with Gasteiger partial charge in [-0.3, -0.25) is 14.5 Å². The molecule has 0 spiro atoms. The van der Waals surface area contributed by atoms with E-state index in [2.05, 4.69) is 15.0 Å². The van der Waals surface area contributed by atoms with E-state index in [4.69, 9.17) is 5.14 Å². The lowest BCUT2D eigenvalue weighted by molar-refractivity contribution is 0.102. The lowest BCUT2D eigenvalue weighted by atomic mass is 10.2. The number of amides is 1. The molecule has 0 bridgehead atoms. The molecule has 0 aliphatic heterocycles. The smallest absolute Gasteiger partial charge is 0.296 e. The van der Waals surface area contributed by atoms with Gasteiger partial charge in [0.05, 0.1) is 5.69 Å². The van der Waals surface area contributed by atoms with Crippen molar-refractivity contribution < 1.29 is 13.2 Å². The molecule has 1 aromatic heterocycles. The van der Waals surface area contributed by atoms with Gasteiger partial charge in [-0.25, -0.2) is 5.14 Å². The third kappa shape index (κ3) is 4.04.